The molecule has 1 fully saturated rings. The molecule has 0 bridgehead atoms. The van der Waals surface area contributed by atoms with Crippen molar-refractivity contribution in [2.45, 2.75) is 0 Å². The van der Waals surface area contributed by atoms with E-state index in [4.69, 9.17) is 16.0 Å². The highest BCUT2D eigenvalue weighted by atomic mass is 127. The summed E-state index contributed by atoms with van der Waals surface area (Å²) in [4.78, 5) is 37.4. The van der Waals surface area contributed by atoms with Crippen LogP contribution in [0.2, 0.25) is 5.02 Å². The zero-order valence-electron chi connectivity index (χ0n) is 12.8. The van der Waals surface area contributed by atoms with Crippen LogP contribution in [-0.2, 0) is 9.59 Å². The Kier molecular flexibility index (Phi) is 5.68. The van der Waals surface area contributed by atoms with Gasteiger partial charge in [-0.25, -0.2) is 4.39 Å². The lowest BCUT2D eigenvalue weighted by atomic mass is 10.3. The van der Waals surface area contributed by atoms with Crippen molar-refractivity contribution < 1.29 is 23.2 Å². The van der Waals surface area contributed by atoms with E-state index in [-0.39, 0.29) is 15.6 Å². The van der Waals surface area contributed by atoms with Crippen molar-refractivity contribution in [1.29, 1.82) is 0 Å². The molecule has 2 aromatic rings. The fourth-order valence-corrected chi connectivity index (χ4v) is 3.52. The molecule has 2 heterocycles. The highest BCUT2D eigenvalue weighted by Gasteiger charge is 2.36. The Bertz CT molecular complexity index is 946. The Morgan fingerprint density at radius 3 is 2.77 bits per heavy atom. The molecule has 1 aliphatic rings. The minimum absolute atomic E-state index is 0.148. The molecule has 1 saturated heterocycles. The van der Waals surface area contributed by atoms with Crippen LogP contribution in [0.1, 0.15) is 5.76 Å². The fourth-order valence-electron chi connectivity index (χ4n) is 2.09. The number of anilines is 1. The van der Waals surface area contributed by atoms with Gasteiger partial charge < -0.3 is 9.73 Å². The molecule has 0 spiro atoms. The van der Waals surface area contributed by atoms with Gasteiger partial charge >= 0.3 is 0 Å². The summed E-state index contributed by atoms with van der Waals surface area (Å²) < 4.78 is 19.1. The highest BCUT2D eigenvalue weighted by Crippen LogP contribution is 2.32. The molecule has 0 atom stereocenters. The number of halogens is 3. The lowest BCUT2D eigenvalue weighted by Gasteiger charge is -2.12. The van der Waals surface area contributed by atoms with Crippen molar-refractivity contribution >= 4 is 74.8 Å². The number of carbonyl (C=O) groups is 3. The third-order valence-electron chi connectivity index (χ3n) is 3.25. The standard InChI is InChI=1S/C16H9ClFIN2O4S/c17-10-5-8(1-3-11(10)18)20-14(22)7-21-15(23)12(26-16(21)24)6-9-2-4-13(19)25-9/h1-6H,7H2,(H,20,22)/b12-6-. The summed E-state index contributed by atoms with van der Waals surface area (Å²) in [7, 11) is 0. The van der Waals surface area contributed by atoms with E-state index >= 15 is 0 Å². The van der Waals surface area contributed by atoms with Gasteiger partial charge in [0.1, 0.15) is 18.1 Å². The lowest BCUT2D eigenvalue weighted by molar-refractivity contribution is -0.127. The number of carbonyl (C=O) groups excluding carboxylic acids is 3. The second-order valence-corrected chi connectivity index (χ2v) is 7.55. The van der Waals surface area contributed by atoms with Crippen LogP contribution >= 0.6 is 46.0 Å². The Hall–Kier alpha value is -1.85. The van der Waals surface area contributed by atoms with E-state index in [0.717, 1.165) is 22.7 Å². The summed E-state index contributed by atoms with van der Waals surface area (Å²) in [6, 6.07) is 7.05. The molecule has 0 unspecified atom stereocenters. The van der Waals surface area contributed by atoms with E-state index in [1.807, 2.05) is 22.6 Å². The van der Waals surface area contributed by atoms with Crippen LogP contribution < -0.4 is 5.32 Å². The van der Waals surface area contributed by atoms with E-state index < -0.39 is 29.4 Å². The molecule has 1 N–H and O–H groups in total. The van der Waals surface area contributed by atoms with Crippen molar-refractivity contribution in [3.8, 4) is 0 Å². The average molecular weight is 507 g/mol. The molecular weight excluding hydrogens is 498 g/mol. The first-order valence-corrected chi connectivity index (χ1v) is 9.36. The van der Waals surface area contributed by atoms with Gasteiger partial charge in [-0.2, -0.15) is 0 Å². The highest BCUT2D eigenvalue weighted by molar-refractivity contribution is 14.1. The Morgan fingerprint density at radius 2 is 2.12 bits per heavy atom. The van der Waals surface area contributed by atoms with Gasteiger partial charge in [-0.15, -0.1) is 0 Å². The number of amides is 3. The second-order valence-electron chi connectivity index (χ2n) is 5.09. The number of rotatable bonds is 4. The third-order valence-corrected chi connectivity index (χ3v) is 5.02. The van der Waals surface area contributed by atoms with Gasteiger partial charge in [0.2, 0.25) is 5.91 Å². The van der Waals surface area contributed by atoms with Crippen molar-refractivity contribution in [3.63, 3.8) is 0 Å². The maximum Gasteiger partial charge on any atom is 0.294 e. The van der Waals surface area contributed by atoms with Gasteiger partial charge in [0.25, 0.3) is 11.1 Å². The molecule has 3 rings (SSSR count). The summed E-state index contributed by atoms with van der Waals surface area (Å²) in [5, 5.41) is 1.75. The van der Waals surface area contributed by atoms with Crippen LogP contribution in [0.5, 0.6) is 0 Å². The monoisotopic (exact) mass is 506 g/mol. The number of hydrogen-bond acceptors (Lipinski definition) is 5. The molecule has 0 radical (unpaired) electrons. The summed E-state index contributed by atoms with van der Waals surface area (Å²) >= 11 is 8.35. The molecule has 10 heteroatoms. The molecule has 0 saturated carbocycles. The molecule has 1 aliphatic heterocycles. The Labute approximate surface area is 169 Å². The van der Waals surface area contributed by atoms with Crippen LogP contribution in [0.15, 0.2) is 39.7 Å². The zero-order valence-corrected chi connectivity index (χ0v) is 16.5. The molecule has 1 aromatic carbocycles. The van der Waals surface area contributed by atoms with Crippen LogP contribution in [-0.4, -0.2) is 28.5 Å². The van der Waals surface area contributed by atoms with Crippen LogP contribution in [0.3, 0.4) is 0 Å². The van der Waals surface area contributed by atoms with Gasteiger partial charge in [0.15, 0.2) is 3.77 Å². The summed E-state index contributed by atoms with van der Waals surface area (Å²) in [6.07, 6.45) is 1.45. The maximum absolute atomic E-state index is 13.1. The fraction of sp³-hybridized carbons (Fsp3) is 0.0625. The van der Waals surface area contributed by atoms with Gasteiger partial charge in [-0.1, -0.05) is 11.6 Å². The van der Waals surface area contributed by atoms with Gasteiger partial charge in [-0.3, -0.25) is 19.3 Å². The van der Waals surface area contributed by atoms with Gasteiger partial charge in [0.05, 0.1) is 9.93 Å². The normalized spacial score (nSPS) is 15.8. The number of hydrogen-bond donors (Lipinski definition) is 1. The number of imide groups is 1. The predicted molar refractivity (Wildman–Crippen MR) is 104 cm³/mol. The SMILES string of the molecule is O=C(CN1C(=O)S/C(=C\c2ccc(I)o2)C1=O)Nc1ccc(F)c(Cl)c1. The molecule has 134 valence electrons. The van der Waals surface area contributed by atoms with Gasteiger partial charge in [-0.05, 0) is 64.7 Å². The van der Waals surface area contributed by atoms with Crippen molar-refractivity contribution in [2.24, 2.45) is 0 Å². The maximum atomic E-state index is 13.1. The average Bonchev–Trinajstić information content (AvgIpc) is 3.09. The largest absolute Gasteiger partial charge is 0.451 e. The second kappa shape index (κ2) is 7.80. The number of benzene rings is 1. The Morgan fingerprint density at radius 1 is 1.35 bits per heavy atom. The predicted octanol–water partition coefficient (Wildman–Crippen LogP) is 4.35. The molecule has 0 aliphatic carbocycles. The first-order chi connectivity index (χ1) is 12.3. The molecule has 1 aromatic heterocycles. The van der Waals surface area contributed by atoms with Crippen LogP contribution in [0.25, 0.3) is 6.08 Å². The van der Waals surface area contributed by atoms with E-state index in [2.05, 4.69) is 5.32 Å². The van der Waals surface area contributed by atoms with Crippen molar-refractivity contribution in [2.75, 3.05) is 11.9 Å². The summed E-state index contributed by atoms with van der Waals surface area (Å²) in [5.74, 6) is -1.37. The van der Waals surface area contributed by atoms with E-state index in [1.54, 1.807) is 12.1 Å². The molecular formula is C16H9ClFIN2O4S. The van der Waals surface area contributed by atoms with E-state index in [1.165, 1.54) is 18.2 Å². The Balaban J connectivity index is 1.68. The number of nitrogens with zero attached hydrogens (tertiary/aromatic N) is 1. The number of nitrogens with one attached hydrogen (secondary N) is 1. The first kappa shape index (κ1) is 18.9. The van der Waals surface area contributed by atoms with E-state index in [0.29, 0.717) is 9.53 Å². The van der Waals surface area contributed by atoms with Crippen molar-refractivity contribution in [3.05, 3.63) is 55.6 Å². The van der Waals surface area contributed by atoms with Crippen molar-refractivity contribution in [1.82, 2.24) is 4.90 Å². The summed E-state index contributed by atoms with van der Waals surface area (Å²) in [6.45, 7) is -0.466. The third kappa shape index (κ3) is 4.27. The topological polar surface area (TPSA) is 79.6 Å². The molecule has 3 amide bonds. The number of furan rings is 1. The molecule has 26 heavy (non-hydrogen) atoms. The minimum Gasteiger partial charge on any atom is -0.451 e. The zero-order chi connectivity index (χ0) is 18.8. The van der Waals surface area contributed by atoms with Crippen LogP contribution in [0, 0.1) is 9.58 Å². The first-order valence-electron chi connectivity index (χ1n) is 7.09. The van der Waals surface area contributed by atoms with Crippen LogP contribution in [0.4, 0.5) is 14.9 Å². The number of thioether (sulfide) groups is 1. The molecule has 6 nitrogen and oxygen atoms in total. The van der Waals surface area contributed by atoms with Gasteiger partial charge in [0, 0.05) is 11.8 Å². The smallest absolute Gasteiger partial charge is 0.294 e. The quantitative estimate of drug-likeness (QED) is 0.493. The lowest BCUT2D eigenvalue weighted by Crippen LogP contribution is -2.36. The summed E-state index contributed by atoms with van der Waals surface area (Å²) in [5.41, 5.74) is 0.258. The minimum atomic E-state index is -0.617. The van der Waals surface area contributed by atoms with E-state index in [9.17, 15) is 18.8 Å².